The fourth-order valence-electron chi connectivity index (χ4n) is 1.35. The molecule has 0 radical (unpaired) electrons. The minimum atomic E-state index is 0.915. The average molecular weight is 167 g/mol. The Morgan fingerprint density at radius 1 is 1.00 bits per heavy atom. The fraction of sp³-hybridized carbons (Fsp3) is 0.833. The molecule has 12 heavy (non-hydrogen) atoms. The van der Waals surface area contributed by atoms with Crippen molar-refractivity contribution in [1.29, 1.82) is 0 Å². The van der Waals surface area contributed by atoms with Crippen molar-refractivity contribution in [1.82, 2.24) is 0 Å². The Balaban J connectivity index is 2.86. The highest BCUT2D eigenvalue weighted by molar-refractivity contribution is 4.82. The molecule has 0 amide bonds. The second-order valence-corrected chi connectivity index (χ2v) is 3.40. The molecule has 0 atom stereocenters. The first-order valence-corrected chi connectivity index (χ1v) is 5.31. The molecular weight excluding hydrogens is 144 g/mol. The van der Waals surface area contributed by atoms with Crippen LogP contribution in [0.2, 0.25) is 0 Å². The standard InChI is InChI=1S/C12H22/c1-3-5-7-9-11-12-10-8-6-4-2/h1H,4-12H2,2H3/i1D. The molecule has 0 aromatic heterocycles. The summed E-state index contributed by atoms with van der Waals surface area (Å²) < 4.78 is 6.63. The van der Waals surface area contributed by atoms with Crippen LogP contribution in [0.25, 0.3) is 0 Å². The zero-order chi connectivity index (χ0) is 9.78. The summed E-state index contributed by atoms with van der Waals surface area (Å²) in [4.78, 5) is 0. The Kier molecular flexibility index (Phi) is 8.49. The lowest BCUT2D eigenvalue weighted by atomic mass is 10.1. The normalized spacial score (nSPS) is 10.2. The molecule has 0 unspecified atom stereocenters. The Bertz CT molecular complexity index is 141. The molecule has 0 saturated heterocycles. The summed E-state index contributed by atoms with van der Waals surface area (Å²) >= 11 is 0. The first kappa shape index (κ1) is 9.65. The first-order chi connectivity index (χ1) is 6.41. The largest absolute Gasteiger partial charge is 0.124 e. The van der Waals surface area contributed by atoms with E-state index in [1.807, 2.05) is 0 Å². The number of hydrogen-bond donors (Lipinski definition) is 0. The van der Waals surface area contributed by atoms with E-state index in [0.29, 0.717) is 0 Å². The van der Waals surface area contributed by atoms with Crippen molar-refractivity contribution in [2.45, 2.75) is 64.7 Å². The van der Waals surface area contributed by atoms with Crippen molar-refractivity contribution in [3.63, 3.8) is 0 Å². The van der Waals surface area contributed by atoms with Crippen LogP contribution < -0.4 is 0 Å². The van der Waals surface area contributed by atoms with Crippen molar-refractivity contribution in [2.24, 2.45) is 0 Å². The quantitative estimate of drug-likeness (QED) is 0.376. The molecule has 70 valence electrons. The molecule has 0 aromatic rings. The van der Waals surface area contributed by atoms with Gasteiger partial charge in [-0.2, -0.15) is 0 Å². The van der Waals surface area contributed by atoms with Gasteiger partial charge in [0, 0.05) is 6.42 Å². The summed E-state index contributed by atoms with van der Waals surface area (Å²) in [6, 6.07) is 0. The van der Waals surface area contributed by atoms with Crippen LogP contribution in [0.15, 0.2) is 0 Å². The van der Waals surface area contributed by atoms with E-state index in [4.69, 9.17) is 1.37 Å². The lowest BCUT2D eigenvalue weighted by Crippen LogP contribution is -1.79. The van der Waals surface area contributed by atoms with Gasteiger partial charge in [-0.25, -0.2) is 0 Å². The van der Waals surface area contributed by atoms with E-state index < -0.39 is 0 Å². The number of rotatable bonds is 8. The summed E-state index contributed by atoms with van der Waals surface area (Å²) in [5.41, 5.74) is 0. The zero-order valence-corrected chi connectivity index (χ0v) is 8.36. The monoisotopic (exact) mass is 167 g/mol. The smallest absolute Gasteiger partial charge is 0.120 e. The molecule has 0 bridgehead atoms. The second kappa shape index (κ2) is 10.6. The second-order valence-electron chi connectivity index (χ2n) is 3.40. The molecule has 0 N–H and O–H groups in total. The van der Waals surface area contributed by atoms with Gasteiger partial charge in [0.2, 0.25) is 0 Å². The first-order valence-electron chi connectivity index (χ1n) is 5.81. The van der Waals surface area contributed by atoms with Gasteiger partial charge in [0.25, 0.3) is 0 Å². The van der Waals surface area contributed by atoms with Gasteiger partial charge in [0.1, 0.15) is 1.37 Å². The molecule has 0 aliphatic carbocycles. The Morgan fingerprint density at radius 2 is 1.58 bits per heavy atom. The van der Waals surface area contributed by atoms with Crippen LogP contribution in [-0.2, 0) is 0 Å². The minimum Gasteiger partial charge on any atom is -0.120 e. The number of unbranched alkanes of at least 4 members (excludes halogenated alkanes) is 8. The summed E-state index contributed by atoms with van der Waals surface area (Å²) in [5.74, 6) is 2.78. The van der Waals surface area contributed by atoms with Crippen LogP contribution in [0, 0.1) is 12.3 Å². The van der Waals surface area contributed by atoms with Crippen LogP contribution in [0.3, 0.4) is 0 Å². The molecule has 0 aliphatic rings. The van der Waals surface area contributed by atoms with Gasteiger partial charge in [-0.3, -0.25) is 0 Å². The van der Waals surface area contributed by atoms with E-state index in [1.54, 1.807) is 0 Å². The average Bonchev–Trinajstić information content (AvgIpc) is 2.16. The van der Waals surface area contributed by atoms with E-state index in [9.17, 15) is 0 Å². The molecular formula is C12H22. The Hall–Kier alpha value is -0.440. The van der Waals surface area contributed by atoms with E-state index in [-0.39, 0.29) is 0 Å². The predicted molar refractivity (Wildman–Crippen MR) is 56.1 cm³/mol. The summed E-state index contributed by atoms with van der Waals surface area (Å²) in [6.07, 6.45) is 13.8. The van der Waals surface area contributed by atoms with E-state index in [1.165, 1.54) is 51.4 Å². The summed E-state index contributed by atoms with van der Waals surface area (Å²) in [7, 11) is 0. The third-order valence-corrected chi connectivity index (χ3v) is 2.16. The molecule has 0 rings (SSSR count). The highest BCUT2D eigenvalue weighted by Gasteiger charge is 1.89. The van der Waals surface area contributed by atoms with E-state index in [2.05, 4.69) is 19.2 Å². The van der Waals surface area contributed by atoms with Gasteiger partial charge in [0.15, 0.2) is 0 Å². The van der Waals surface area contributed by atoms with Crippen LogP contribution >= 0.6 is 0 Å². The maximum Gasteiger partial charge on any atom is 0.124 e. The van der Waals surface area contributed by atoms with Crippen LogP contribution in [0.1, 0.15) is 66.1 Å². The Labute approximate surface area is 79.2 Å². The maximum absolute atomic E-state index is 6.63. The topological polar surface area (TPSA) is 0 Å². The molecule has 0 saturated carbocycles. The molecule has 0 fully saturated rings. The number of hydrogen-bond acceptors (Lipinski definition) is 0. The van der Waals surface area contributed by atoms with E-state index >= 15 is 0 Å². The van der Waals surface area contributed by atoms with Crippen molar-refractivity contribution in [3.8, 4) is 12.3 Å². The summed E-state index contributed by atoms with van der Waals surface area (Å²) in [6.45, 7) is 2.25. The van der Waals surface area contributed by atoms with Gasteiger partial charge < -0.3 is 0 Å². The maximum atomic E-state index is 6.63. The van der Waals surface area contributed by atoms with Crippen LogP contribution in [0.4, 0.5) is 0 Å². The molecule has 0 heteroatoms. The minimum absolute atomic E-state index is 0.915. The van der Waals surface area contributed by atoms with Crippen molar-refractivity contribution in [2.75, 3.05) is 0 Å². The Morgan fingerprint density at radius 3 is 2.17 bits per heavy atom. The number of terminal acetylenes is 1. The van der Waals surface area contributed by atoms with Crippen LogP contribution in [0.5, 0.6) is 0 Å². The van der Waals surface area contributed by atoms with Crippen molar-refractivity contribution < 1.29 is 1.37 Å². The van der Waals surface area contributed by atoms with Gasteiger partial charge in [-0.15, -0.1) is 12.3 Å². The third-order valence-electron chi connectivity index (χ3n) is 2.16. The lowest BCUT2D eigenvalue weighted by Gasteiger charge is -1.98. The van der Waals surface area contributed by atoms with Gasteiger partial charge in [-0.05, 0) is 6.42 Å². The molecule has 0 spiro atoms. The van der Waals surface area contributed by atoms with E-state index in [0.717, 1.165) is 6.42 Å². The zero-order valence-electron chi connectivity index (χ0n) is 9.36. The van der Waals surface area contributed by atoms with Gasteiger partial charge in [-0.1, -0.05) is 51.9 Å². The van der Waals surface area contributed by atoms with Gasteiger partial charge >= 0.3 is 0 Å². The van der Waals surface area contributed by atoms with Crippen molar-refractivity contribution >= 4 is 0 Å². The SMILES string of the molecule is [2H]C#CCCCCCCCCCC. The highest BCUT2D eigenvalue weighted by Crippen LogP contribution is 2.08. The summed E-state index contributed by atoms with van der Waals surface area (Å²) in [5, 5.41) is 0. The van der Waals surface area contributed by atoms with Crippen LogP contribution in [-0.4, -0.2) is 0 Å². The highest BCUT2D eigenvalue weighted by atomic mass is 14.0. The fourth-order valence-corrected chi connectivity index (χ4v) is 1.35. The lowest BCUT2D eigenvalue weighted by molar-refractivity contribution is 0.579. The molecule has 0 nitrogen and oxygen atoms in total. The molecule has 0 aromatic carbocycles. The predicted octanol–water partition coefficient (Wildman–Crippen LogP) is 4.15. The van der Waals surface area contributed by atoms with Gasteiger partial charge in [0.05, 0.1) is 0 Å². The molecule has 0 aliphatic heterocycles. The van der Waals surface area contributed by atoms with Crippen molar-refractivity contribution in [3.05, 3.63) is 0 Å². The molecule has 0 heterocycles. The third kappa shape index (κ3) is 9.56.